The lowest BCUT2D eigenvalue weighted by atomic mass is 9.84. The van der Waals surface area contributed by atoms with E-state index in [-0.39, 0.29) is 23.8 Å². The number of fused-ring (bicyclic) bond motifs is 1. The minimum atomic E-state index is -0.386. The summed E-state index contributed by atoms with van der Waals surface area (Å²) in [5.74, 6) is 0.380. The van der Waals surface area contributed by atoms with Gasteiger partial charge in [0.15, 0.2) is 0 Å². The van der Waals surface area contributed by atoms with E-state index in [1.807, 2.05) is 11.0 Å². The molecule has 6 nitrogen and oxygen atoms in total. The van der Waals surface area contributed by atoms with Gasteiger partial charge in [-0.25, -0.2) is 0 Å². The molecule has 4 rings (SSSR count). The van der Waals surface area contributed by atoms with Crippen LogP contribution in [0.4, 0.5) is 0 Å². The van der Waals surface area contributed by atoms with E-state index in [1.165, 1.54) is 6.42 Å². The van der Waals surface area contributed by atoms with E-state index in [4.69, 9.17) is 0 Å². The van der Waals surface area contributed by atoms with Gasteiger partial charge in [-0.15, -0.1) is 0 Å². The molecule has 2 amide bonds. The third kappa shape index (κ3) is 2.30. The van der Waals surface area contributed by atoms with Gasteiger partial charge in [0, 0.05) is 18.2 Å². The molecule has 0 aromatic carbocycles. The zero-order valence-electron chi connectivity index (χ0n) is 12.7. The molecule has 2 heterocycles. The monoisotopic (exact) mass is 302 g/mol. The van der Waals surface area contributed by atoms with Crippen LogP contribution < -0.4 is 5.32 Å². The third-order valence-corrected chi connectivity index (χ3v) is 5.31. The van der Waals surface area contributed by atoms with Crippen LogP contribution in [0.15, 0.2) is 12.3 Å². The number of carbonyl (C=O) groups is 2. The largest absolute Gasteiger partial charge is 0.351 e. The van der Waals surface area contributed by atoms with Crippen LogP contribution in [-0.4, -0.2) is 39.1 Å². The van der Waals surface area contributed by atoms with Crippen LogP contribution in [0.1, 0.15) is 50.3 Å². The van der Waals surface area contributed by atoms with Crippen molar-refractivity contribution in [1.82, 2.24) is 20.0 Å². The maximum absolute atomic E-state index is 12.6. The average Bonchev–Trinajstić information content (AvgIpc) is 2.87. The van der Waals surface area contributed by atoms with Gasteiger partial charge in [0.1, 0.15) is 6.04 Å². The maximum atomic E-state index is 12.6. The number of aromatic nitrogens is 2. The van der Waals surface area contributed by atoms with Crippen LogP contribution in [0.5, 0.6) is 0 Å². The Morgan fingerprint density at radius 3 is 2.59 bits per heavy atom. The van der Waals surface area contributed by atoms with Crippen molar-refractivity contribution in [3.63, 3.8) is 0 Å². The molecule has 3 aliphatic rings. The number of amides is 2. The number of carbonyl (C=O) groups excluding carboxylic acids is 2. The molecule has 118 valence electrons. The Kier molecular flexibility index (Phi) is 3.39. The van der Waals surface area contributed by atoms with Crippen molar-refractivity contribution in [1.29, 1.82) is 0 Å². The van der Waals surface area contributed by atoms with E-state index in [0.717, 1.165) is 37.8 Å². The number of nitrogens with one attached hydrogen (secondary N) is 1. The number of hydrogen-bond donors (Lipinski definition) is 1. The number of rotatable bonds is 3. The highest BCUT2D eigenvalue weighted by atomic mass is 16.2. The summed E-state index contributed by atoms with van der Waals surface area (Å²) in [4.78, 5) is 27.0. The van der Waals surface area contributed by atoms with Crippen LogP contribution in [0.2, 0.25) is 0 Å². The topological polar surface area (TPSA) is 67.2 Å². The molecule has 1 aromatic rings. The Balaban J connectivity index is 1.51. The molecule has 2 fully saturated rings. The maximum Gasteiger partial charge on any atom is 0.246 e. The Morgan fingerprint density at radius 2 is 1.95 bits per heavy atom. The van der Waals surface area contributed by atoms with Gasteiger partial charge in [-0.1, -0.05) is 6.42 Å². The fourth-order valence-corrected chi connectivity index (χ4v) is 3.42. The van der Waals surface area contributed by atoms with Crippen LogP contribution in [0, 0.1) is 5.92 Å². The Hall–Kier alpha value is -1.85. The summed E-state index contributed by atoms with van der Waals surface area (Å²) in [7, 11) is 0. The van der Waals surface area contributed by atoms with Crippen molar-refractivity contribution in [2.45, 2.75) is 57.2 Å². The summed E-state index contributed by atoms with van der Waals surface area (Å²) in [6.45, 7) is 1.02. The fourth-order valence-electron chi connectivity index (χ4n) is 3.42. The molecular weight excluding hydrogens is 280 g/mol. The summed E-state index contributed by atoms with van der Waals surface area (Å²) in [6.07, 6.45) is 8.17. The summed E-state index contributed by atoms with van der Waals surface area (Å²) in [5, 5.41) is 7.40. The summed E-state index contributed by atoms with van der Waals surface area (Å²) in [5.41, 5.74) is 0.952. The van der Waals surface area contributed by atoms with Gasteiger partial charge in [-0.05, 0) is 38.2 Å². The Labute approximate surface area is 129 Å². The van der Waals surface area contributed by atoms with Crippen LogP contribution >= 0.6 is 0 Å². The van der Waals surface area contributed by atoms with Gasteiger partial charge < -0.3 is 10.2 Å². The van der Waals surface area contributed by atoms with Crippen LogP contribution in [0.3, 0.4) is 0 Å². The Bertz CT molecular complexity index is 589. The predicted molar refractivity (Wildman–Crippen MR) is 79.8 cm³/mol. The first-order valence-electron chi connectivity index (χ1n) is 8.34. The second-order valence-electron chi connectivity index (χ2n) is 6.77. The molecule has 1 aromatic heterocycles. The average molecular weight is 302 g/mol. The molecule has 0 radical (unpaired) electrons. The van der Waals surface area contributed by atoms with Crippen molar-refractivity contribution >= 4 is 11.8 Å². The molecule has 0 saturated heterocycles. The van der Waals surface area contributed by atoms with Crippen molar-refractivity contribution in [3.05, 3.63) is 18.0 Å². The second kappa shape index (κ2) is 5.41. The van der Waals surface area contributed by atoms with Crippen LogP contribution in [-0.2, 0) is 16.1 Å². The first-order chi connectivity index (χ1) is 10.7. The van der Waals surface area contributed by atoms with Gasteiger partial charge in [0.25, 0.3) is 0 Å². The molecule has 1 atom stereocenters. The number of hydrogen-bond acceptors (Lipinski definition) is 3. The van der Waals surface area contributed by atoms with Gasteiger partial charge in [0.2, 0.25) is 11.8 Å². The van der Waals surface area contributed by atoms with Crippen molar-refractivity contribution in [3.8, 4) is 0 Å². The first kappa shape index (κ1) is 13.8. The summed E-state index contributed by atoms with van der Waals surface area (Å²) < 4.78 is 1.79. The molecule has 0 unspecified atom stereocenters. The van der Waals surface area contributed by atoms with E-state index in [9.17, 15) is 9.59 Å². The summed E-state index contributed by atoms with van der Waals surface area (Å²) in [6, 6.07) is 1.83. The van der Waals surface area contributed by atoms with Crippen molar-refractivity contribution < 1.29 is 9.59 Å². The zero-order valence-corrected chi connectivity index (χ0v) is 12.7. The van der Waals surface area contributed by atoms with Crippen LogP contribution in [0.25, 0.3) is 0 Å². The lowest BCUT2D eigenvalue weighted by Crippen LogP contribution is -2.51. The minimum Gasteiger partial charge on any atom is -0.351 e. The lowest BCUT2D eigenvalue weighted by Gasteiger charge is -2.38. The molecule has 2 aliphatic carbocycles. The van der Waals surface area contributed by atoms with Gasteiger partial charge >= 0.3 is 0 Å². The molecule has 1 N–H and O–H groups in total. The van der Waals surface area contributed by atoms with Gasteiger partial charge in [-0.3, -0.25) is 14.3 Å². The molecule has 1 aliphatic heterocycles. The Morgan fingerprint density at radius 1 is 1.18 bits per heavy atom. The molecular formula is C16H22N4O2. The normalized spacial score (nSPS) is 25.1. The minimum absolute atomic E-state index is 0.000703. The predicted octanol–water partition coefficient (Wildman–Crippen LogP) is 1.24. The molecule has 0 bridgehead atoms. The van der Waals surface area contributed by atoms with E-state index in [1.54, 1.807) is 10.9 Å². The zero-order chi connectivity index (χ0) is 15.1. The van der Waals surface area contributed by atoms with E-state index >= 15 is 0 Å². The van der Waals surface area contributed by atoms with Gasteiger partial charge in [-0.2, -0.15) is 5.10 Å². The highest BCUT2D eigenvalue weighted by molar-refractivity contribution is 5.84. The number of nitrogens with zero attached hydrogens (tertiary/aromatic N) is 3. The van der Waals surface area contributed by atoms with Crippen molar-refractivity contribution in [2.24, 2.45) is 5.92 Å². The second-order valence-corrected chi connectivity index (χ2v) is 6.77. The first-order valence-corrected chi connectivity index (χ1v) is 8.34. The van der Waals surface area contributed by atoms with E-state index in [0.29, 0.717) is 19.1 Å². The molecule has 2 saturated carbocycles. The summed E-state index contributed by atoms with van der Waals surface area (Å²) >= 11 is 0. The molecule has 6 heteroatoms. The van der Waals surface area contributed by atoms with E-state index in [2.05, 4.69) is 10.4 Å². The molecule has 0 spiro atoms. The highest BCUT2D eigenvalue weighted by Gasteiger charge is 2.37. The van der Waals surface area contributed by atoms with E-state index < -0.39 is 0 Å². The van der Waals surface area contributed by atoms with Crippen molar-refractivity contribution in [2.75, 3.05) is 6.54 Å². The molecule has 22 heavy (non-hydrogen) atoms. The fraction of sp³-hybridized carbons (Fsp3) is 0.688. The highest BCUT2D eigenvalue weighted by Crippen LogP contribution is 2.31. The standard InChI is InChI=1S/C16H22N4O2/c21-15(18-12-5-2-6-12)14-10-19(16(22)11-3-1-4-11)9-13-7-8-17-20(13)14/h7-8,11-12,14H,1-6,9-10H2,(H,18,21)/t14-/m0/s1. The van der Waals surface area contributed by atoms with Gasteiger partial charge in [0.05, 0.1) is 18.8 Å². The lowest BCUT2D eigenvalue weighted by molar-refractivity contribution is -0.141. The SMILES string of the molecule is O=C(NC1CCC1)[C@@H]1CN(C(=O)C2CCC2)Cc2ccnn21. The smallest absolute Gasteiger partial charge is 0.246 e. The quantitative estimate of drug-likeness (QED) is 0.913. The third-order valence-electron chi connectivity index (χ3n) is 5.31.